The highest BCUT2D eigenvalue weighted by molar-refractivity contribution is 9.10. The minimum Gasteiger partial charge on any atom is -0.378 e. The molecular formula is C14H17BrClN3. The Morgan fingerprint density at radius 3 is 2.74 bits per heavy atom. The molecule has 0 unspecified atom stereocenters. The van der Waals surface area contributed by atoms with E-state index in [0.29, 0.717) is 0 Å². The van der Waals surface area contributed by atoms with Gasteiger partial charge in [0.05, 0.1) is 23.6 Å². The lowest BCUT2D eigenvalue weighted by atomic mass is 10.2. The second-order valence-corrected chi connectivity index (χ2v) is 5.79. The molecule has 0 aliphatic rings. The monoisotopic (exact) mass is 341 g/mol. The summed E-state index contributed by atoms with van der Waals surface area (Å²) in [7, 11) is 0. The summed E-state index contributed by atoms with van der Waals surface area (Å²) in [5, 5.41) is 8.60. The standard InChI is InChI=1S/C14H17BrClN3/c1-4-19-11(6-10(3)18-19)8-17-14-7-13(16)9(2)5-12(14)15/h5-7,17H,4,8H2,1-3H3. The summed E-state index contributed by atoms with van der Waals surface area (Å²) in [5.74, 6) is 0. The minimum absolute atomic E-state index is 0.729. The summed E-state index contributed by atoms with van der Waals surface area (Å²) in [6.07, 6.45) is 0. The molecule has 0 spiro atoms. The number of halogens is 2. The smallest absolute Gasteiger partial charge is 0.0597 e. The number of nitrogens with one attached hydrogen (secondary N) is 1. The third kappa shape index (κ3) is 3.31. The maximum absolute atomic E-state index is 6.15. The maximum Gasteiger partial charge on any atom is 0.0597 e. The summed E-state index contributed by atoms with van der Waals surface area (Å²) in [5.41, 5.74) is 4.27. The zero-order valence-electron chi connectivity index (χ0n) is 11.3. The molecule has 102 valence electrons. The minimum atomic E-state index is 0.729. The van der Waals surface area contributed by atoms with Gasteiger partial charge in [0.15, 0.2) is 0 Å². The normalized spacial score (nSPS) is 10.8. The molecule has 0 aliphatic carbocycles. The van der Waals surface area contributed by atoms with Gasteiger partial charge in [0.1, 0.15) is 0 Å². The average molecular weight is 343 g/mol. The Labute approximate surface area is 127 Å². The number of hydrogen-bond donors (Lipinski definition) is 1. The van der Waals surface area contributed by atoms with Gasteiger partial charge in [0.2, 0.25) is 0 Å². The Kier molecular flexibility index (Phi) is 4.53. The predicted octanol–water partition coefficient (Wildman–Crippen LogP) is 4.55. The van der Waals surface area contributed by atoms with Crippen LogP contribution in [0.15, 0.2) is 22.7 Å². The lowest BCUT2D eigenvalue weighted by Gasteiger charge is -2.11. The van der Waals surface area contributed by atoms with Crippen molar-refractivity contribution in [3.05, 3.63) is 44.6 Å². The van der Waals surface area contributed by atoms with E-state index < -0.39 is 0 Å². The first-order valence-electron chi connectivity index (χ1n) is 6.24. The van der Waals surface area contributed by atoms with Crippen LogP contribution in [0.5, 0.6) is 0 Å². The van der Waals surface area contributed by atoms with Crippen LogP contribution in [0.3, 0.4) is 0 Å². The molecular weight excluding hydrogens is 326 g/mol. The molecule has 0 saturated heterocycles. The lowest BCUT2D eigenvalue weighted by molar-refractivity contribution is 0.623. The van der Waals surface area contributed by atoms with Crippen LogP contribution in [0.25, 0.3) is 0 Å². The topological polar surface area (TPSA) is 29.9 Å². The van der Waals surface area contributed by atoms with Crippen LogP contribution in [0.2, 0.25) is 5.02 Å². The molecule has 1 N–H and O–H groups in total. The molecule has 0 amide bonds. The summed E-state index contributed by atoms with van der Waals surface area (Å²) in [6.45, 7) is 7.70. The van der Waals surface area contributed by atoms with Crippen LogP contribution in [-0.4, -0.2) is 9.78 Å². The Balaban J connectivity index is 2.16. The number of nitrogens with zero attached hydrogens (tertiary/aromatic N) is 2. The van der Waals surface area contributed by atoms with Gasteiger partial charge in [-0.05, 0) is 60.5 Å². The van der Waals surface area contributed by atoms with Crippen molar-refractivity contribution in [2.45, 2.75) is 33.9 Å². The summed E-state index contributed by atoms with van der Waals surface area (Å²) >= 11 is 9.70. The molecule has 1 aromatic carbocycles. The zero-order valence-corrected chi connectivity index (χ0v) is 13.6. The first-order valence-corrected chi connectivity index (χ1v) is 7.41. The number of rotatable bonds is 4. The van der Waals surface area contributed by atoms with Gasteiger partial charge in [0.25, 0.3) is 0 Å². The van der Waals surface area contributed by atoms with E-state index >= 15 is 0 Å². The molecule has 0 atom stereocenters. The van der Waals surface area contributed by atoms with Crippen molar-refractivity contribution in [2.75, 3.05) is 5.32 Å². The Morgan fingerprint density at radius 2 is 2.05 bits per heavy atom. The van der Waals surface area contributed by atoms with E-state index in [4.69, 9.17) is 11.6 Å². The van der Waals surface area contributed by atoms with E-state index in [0.717, 1.165) is 39.5 Å². The van der Waals surface area contributed by atoms with Crippen molar-refractivity contribution in [2.24, 2.45) is 0 Å². The SMILES string of the molecule is CCn1nc(C)cc1CNc1cc(Cl)c(C)cc1Br. The summed E-state index contributed by atoms with van der Waals surface area (Å²) < 4.78 is 3.03. The Bertz CT molecular complexity index is 593. The number of aromatic nitrogens is 2. The fourth-order valence-corrected chi connectivity index (χ4v) is 2.74. The van der Waals surface area contributed by atoms with Gasteiger partial charge in [-0.25, -0.2) is 0 Å². The van der Waals surface area contributed by atoms with Crippen molar-refractivity contribution in [1.29, 1.82) is 0 Å². The largest absolute Gasteiger partial charge is 0.378 e. The molecule has 5 heteroatoms. The molecule has 19 heavy (non-hydrogen) atoms. The fourth-order valence-electron chi connectivity index (χ4n) is 1.98. The van der Waals surface area contributed by atoms with Crippen molar-refractivity contribution in [1.82, 2.24) is 9.78 Å². The highest BCUT2D eigenvalue weighted by Crippen LogP contribution is 2.29. The molecule has 3 nitrogen and oxygen atoms in total. The van der Waals surface area contributed by atoms with E-state index in [1.807, 2.05) is 30.7 Å². The van der Waals surface area contributed by atoms with Gasteiger partial charge in [-0.1, -0.05) is 11.6 Å². The number of benzene rings is 1. The van der Waals surface area contributed by atoms with Crippen LogP contribution in [0, 0.1) is 13.8 Å². The van der Waals surface area contributed by atoms with Gasteiger partial charge in [-0.15, -0.1) is 0 Å². The zero-order chi connectivity index (χ0) is 14.0. The van der Waals surface area contributed by atoms with Crippen LogP contribution in [0.1, 0.15) is 23.9 Å². The molecule has 1 heterocycles. The maximum atomic E-state index is 6.15. The van der Waals surface area contributed by atoms with Crippen LogP contribution in [-0.2, 0) is 13.1 Å². The van der Waals surface area contributed by atoms with E-state index in [1.54, 1.807) is 0 Å². The molecule has 1 aromatic heterocycles. The number of aryl methyl sites for hydroxylation is 3. The second kappa shape index (κ2) is 5.97. The molecule has 0 radical (unpaired) electrons. The van der Waals surface area contributed by atoms with Crippen LogP contribution >= 0.6 is 27.5 Å². The van der Waals surface area contributed by atoms with E-state index in [1.165, 1.54) is 5.69 Å². The van der Waals surface area contributed by atoms with Gasteiger partial charge in [0, 0.05) is 16.0 Å². The Hall–Kier alpha value is -1.000. The number of anilines is 1. The van der Waals surface area contributed by atoms with Crippen molar-refractivity contribution in [3.63, 3.8) is 0 Å². The summed E-state index contributed by atoms with van der Waals surface area (Å²) in [4.78, 5) is 0. The first-order chi connectivity index (χ1) is 9.01. The lowest BCUT2D eigenvalue weighted by Crippen LogP contribution is -2.08. The van der Waals surface area contributed by atoms with E-state index in [9.17, 15) is 0 Å². The fraction of sp³-hybridized carbons (Fsp3) is 0.357. The number of hydrogen-bond acceptors (Lipinski definition) is 2. The molecule has 0 aliphatic heterocycles. The Morgan fingerprint density at radius 1 is 1.32 bits per heavy atom. The van der Waals surface area contributed by atoms with Gasteiger partial charge >= 0.3 is 0 Å². The molecule has 2 aromatic rings. The predicted molar refractivity (Wildman–Crippen MR) is 83.9 cm³/mol. The van der Waals surface area contributed by atoms with Gasteiger partial charge < -0.3 is 5.32 Å². The first kappa shape index (κ1) is 14.4. The van der Waals surface area contributed by atoms with Crippen LogP contribution in [0.4, 0.5) is 5.69 Å². The highest BCUT2D eigenvalue weighted by atomic mass is 79.9. The van der Waals surface area contributed by atoms with Crippen LogP contribution < -0.4 is 5.32 Å². The second-order valence-electron chi connectivity index (χ2n) is 4.53. The van der Waals surface area contributed by atoms with E-state index in [-0.39, 0.29) is 0 Å². The molecule has 2 rings (SSSR count). The van der Waals surface area contributed by atoms with Gasteiger partial charge in [-0.3, -0.25) is 4.68 Å². The van der Waals surface area contributed by atoms with Crippen molar-refractivity contribution in [3.8, 4) is 0 Å². The summed E-state index contributed by atoms with van der Waals surface area (Å²) in [6, 6.07) is 6.06. The molecule has 0 bridgehead atoms. The van der Waals surface area contributed by atoms with Crippen molar-refractivity contribution >= 4 is 33.2 Å². The van der Waals surface area contributed by atoms with E-state index in [2.05, 4.69) is 39.3 Å². The highest BCUT2D eigenvalue weighted by Gasteiger charge is 2.07. The third-order valence-corrected chi connectivity index (χ3v) is 4.06. The van der Waals surface area contributed by atoms with Crippen molar-refractivity contribution < 1.29 is 0 Å². The van der Waals surface area contributed by atoms with Gasteiger partial charge in [-0.2, -0.15) is 5.10 Å². The molecule has 0 fully saturated rings. The third-order valence-electron chi connectivity index (χ3n) is 2.99. The quantitative estimate of drug-likeness (QED) is 0.883. The molecule has 0 saturated carbocycles. The average Bonchev–Trinajstić information content (AvgIpc) is 2.72.